The van der Waals surface area contributed by atoms with Crippen molar-refractivity contribution < 1.29 is 38.1 Å². The first kappa shape index (κ1) is 45.0. The highest BCUT2D eigenvalue weighted by Gasteiger charge is 2.18. The summed E-state index contributed by atoms with van der Waals surface area (Å²) in [5, 5.41) is -0.536. The van der Waals surface area contributed by atoms with E-state index in [9.17, 15) is 19.2 Å². The topological polar surface area (TPSA) is 115 Å². The molecule has 0 aromatic rings. The van der Waals surface area contributed by atoms with Crippen LogP contribution in [0, 0.1) is 0 Å². The minimum atomic E-state index is -0.377. The van der Waals surface area contributed by atoms with Gasteiger partial charge >= 0.3 is 23.9 Å². The number of rotatable bonds is 30. The summed E-state index contributed by atoms with van der Waals surface area (Å²) in [6, 6.07) is 0. The molecule has 1 aliphatic heterocycles. The van der Waals surface area contributed by atoms with E-state index in [4.69, 9.17) is 18.9 Å². The number of hydrogen-bond donors (Lipinski definition) is 0. The smallest absolute Gasteiger partial charge is 0.318 e. The number of allylic oxidation sites excluding steroid dienone is 2. The minimum absolute atomic E-state index is 0.00873. The molecule has 2 atom stereocenters. The molecule has 49 heavy (non-hydrogen) atoms. The lowest BCUT2D eigenvalue weighted by Crippen LogP contribution is -2.45. The van der Waals surface area contributed by atoms with Gasteiger partial charge in [0.1, 0.15) is 26.4 Å². The lowest BCUT2D eigenvalue weighted by atomic mass is 10.2. The summed E-state index contributed by atoms with van der Waals surface area (Å²) in [6.07, 6.45) is 11.1. The van der Waals surface area contributed by atoms with Crippen LogP contribution in [0.25, 0.3) is 0 Å². The zero-order chi connectivity index (χ0) is 36.1. The first-order valence-corrected chi connectivity index (χ1v) is 20.0. The predicted octanol–water partition coefficient (Wildman–Crippen LogP) is 4.83. The quantitative estimate of drug-likeness (QED) is 0.0436. The van der Waals surface area contributed by atoms with E-state index < -0.39 is 0 Å². The molecule has 11 nitrogen and oxygen atoms in total. The van der Waals surface area contributed by atoms with E-state index in [0.29, 0.717) is 13.1 Å². The van der Waals surface area contributed by atoms with Gasteiger partial charge in [0.25, 0.3) is 0 Å². The highest BCUT2D eigenvalue weighted by atomic mass is 32.2. The second kappa shape index (κ2) is 29.6. The Balaban J connectivity index is 2.37. The van der Waals surface area contributed by atoms with Gasteiger partial charge in [-0.05, 0) is 90.4 Å². The first-order valence-electron chi connectivity index (χ1n) is 17.9. The number of likely N-dealkylation sites (N-methyl/N-ethyl adjacent to an activating group) is 1. The van der Waals surface area contributed by atoms with Gasteiger partial charge in [-0.15, -0.1) is 36.7 Å². The zero-order valence-corrected chi connectivity index (χ0v) is 32.0. The molecular formula is C36H63N3O8S2. The third-order valence-corrected chi connectivity index (χ3v) is 10.4. The van der Waals surface area contributed by atoms with E-state index in [1.165, 1.54) is 0 Å². The van der Waals surface area contributed by atoms with Crippen LogP contribution < -0.4 is 0 Å². The normalized spacial score (nSPS) is 14.9. The summed E-state index contributed by atoms with van der Waals surface area (Å²) >= 11 is 3.12. The van der Waals surface area contributed by atoms with E-state index in [0.717, 1.165) is 95.7 Å². The number of nitrogens with zero attached hydrogens (tertiary/aromatic N) is 3. The van der Waals surface area contributed by atoms with Crippen molar-refractivity contribution in [3.05, 3.63) is 25.3 Å². The Kier molecular flexibility index (Phi) is 27.2. The fourth-order valence-corrected chi connectivity index (χ4v) is 6.69. The monoisotopic (exact) mass is 729 g/mol. The van der Waals surface area contributed by atoms with Gasteiger partial charge in [0, 0.05) is 39.3 Å². The van der Waals surface area contributed by atoms with Gasteiger partial charge in [0.05, 0.1) is 23.3 Å². The standard InChI is InChI=1S/C36H63N3O8S2/c1-6-8-10-12-29-48-31(3)35(42)46-27-25-44-33(40)15-19-38(17-14-18-39-23-21-37(5)22-24-39)20-16-34(41)45-26-28-47-36(43)32(4)49-30-13-11-9-7-2/h6-7,31-32H,1-2,8-30H2,3-5H3. The molecule has 1 rings (SSSR count). The highest BCUT2D eigenvalue weighted by molar-refractivity contribution is 8.00. The molecule has 2 unspecified atom stereocenters. The molecule has 1 heterocycles. The largest absolute Gasteiger partial charge is 0.462 e. The number of esters is 4. The van der Waals surface area contributed by atoms with Crippen molar-refractivity contribution in [2.45, 2.75) is 82.1 Å². The van der Waals surface area contributed by atoms with Crippen LogP contribution in [0.5, 0.6) is 0 Å². The van der Waals surface area contributed by atoms with Crippen LogP contribution in [-0.2, 0) is 38.1 Å². The fraction of sp³-hybridized carbons (Fsp3) is 0.778. The zero-order valence-electron chi connectivity index (χ0n) is 30.4. The average molecular weight is 730 g/mol. The van der Waals surface area contributed by atoms with Crippen LogP contribution in [0.2, 0.25) is 0 Å². The molecular weight excluding hydrogens is 667 g/mol. The Labute approximate surface area is 304 Å². The number of thioether (sulfide) groups is 2. The fourth-order valence-electron chi connectivity index (χ4n) is 4.84. The Bertz CT molecular complexity index is 889. The maximum atomic E-state index is 12.5. The van der Waals surface area contributed by atoms with Crippen LogP contribution in [0.3, 0.4) is 0 Å². The van der Waals surface area contributed by atoms with Crippen LogP contribution >= 0.6 is 23.5 Å². The maximum Gasteiger partial charge on any atom is 0.318 e. The van der Waals surface area contributed by atoms with E-state index in [1.54, 1.807) is 23.5 Å². The molecule has 13 heteroatoms. The molecule has 0 aromatic heterocycles. The summed E-state index contributed by atoms with van der Waals surface area (Å²) in [6.45, 7) is 17.9. The van der Waals surface area contributed by atoms with E-state index in [-0.39, 0.29) is 73.6 Å². The van der Waals surface area contributed by atoms with E-state index in [2.05, 4.69) is 34.9 Å². The summed E-state index contributed by atoms with van der Waals surface area (Å²) in [7, 11) is 2.13. The molecule has 0 bridgehead atoms. The summed E-state index contributed by atoms with van der Waals surface area (Å²) < 4.78 is 21.2. The Hall–Kier alpha value is -2.06. The van der Waals surface area contributed by atoms with Crippen molar-refractivity contribution in [1.29, 1.82) is 0 Å². The molecule has 0 aromatic carbocycles. The predicted molar refractivity (Wildman–Crippen MR) is 200 cm³/mol. The Morgan fingerprint density at radius 1 is 0.673 bits per heavy atom. The Morgan fingerprint density at radius 2 is 1.12 bits per heavy atom. The van der Waals surface area contributed by atoms with Crippen LogP contribution in [-0.4, -0.2) is 146 Å². The third-order valence-electron chi connectivity index (χ3n) is 8.00. The Morgan fingerprint density at radius 3 is 1.57 bits per heavy atom. The number of piperazine rings is 1. The number of ether oxygens (including phenoxy) is 4. The lowest BCUT2D eigenvalue weighted by molar-refractivity contribution is -0.152. The van der Waals surface area contributed by atoms with Gasteiger partial charge in [-0.1, -0.05) is 12.2 Å². The van der Waals surface area contributed by atoms with Gasteiger partial charge < -0.3 is 33.6 Å². The summed E-state index contributed by atoms with van der Waals surface area (Å²) in [5.41, 5.74) is 0. The second-order valence-electron chi connectivity index (χ2n) is 12.2. The molecule has 282 valence electrons. The van der Waals surface area contributed by atoms with Crippen LogP contribution in [0.1, 0.15) is 71.6 Å². The molecule has 0 saturated carbocycles. The summed E-state index contributed by atoms with van der Waals surface area (Å²) in [5.74, 6) is 0.403. The van der Waals surface area contributed by atoms with Crippen molar-refractivity contribution in [2.75, 3.05) is 97.3 Å². The molecule has 0 radical (unpaired) electrons. The molecule has 0 spiro atoms. The van der Waals surface area contributed by atoms with E-state index >= 15 is 0 Å². The van der Waals surface area contributed by atoms with Crippen molar-refractivity contribution >= 4 is 47.4 Å². The van der Waals surface area contributed by atoms with Crippen LogP contribution in [0.4, 0.5) is 0 Å². The van der Waals surface area contributed by atoms with Crippen molar-refractivity contribution in [3.8, 4) is 0 Å². The lowest BCUT2D eigenvalue weighted by Gasteiger charge is -2.33. The average Bonchev–Trinajstić information content (AvgIpc) is 3.09. The number of hydrogen-bond acceptors (Lipinski definition) is 13. The second-order valence-corrected chi connectivity index (χ2v) is 15.1. The molecule has 0 N–H and O–H groups in total. The first-order chi connectivity index (χ1) is 23.7. The minimum Gasteiger partial charge on any atom is -0.462 e. The summed E-state index contributed by atoms with van der Waals surface area (Å²) in [4.78, 5) is 56.2. The van der Waals surface area contributed by atoms with Crippen molar-refractivity contribution in [3.63, 3.8) is 0 Å². The van der Waals surface area contributed by atoms with Crippen molar-refractivity contribution in [1.82, 2.24) is 14.7 Å². The maximum absolute atomic E-state index is 12.5. The number of unbranched alkanes of at least 4 members (excludes halogenated alkanes) is 4. The van der Waals surface area contributed by atoms with Gasteiger partial charge in [-0.2, -0.15) is 0 Å². The van der Waals surface area contributed by atoms with Crippen molar-refractivity contribution in [2.24, 2.45) is 0 Å². The molecule has 1 aliphatic rings. The SMILES string of the molecule is C=CCCCCSC(C)C(=O)OCCOC(=O)CCN(CCCN1CCN(C)CC1)CCC(=O)OCCOC(=O)C(C)SCCCCC=C. The third kappa shape index (κ3) is 24.7. The number of carbonyl (C=O) groups excluding carboxylic acids is 4. The van der Waals surface area contributed by atoms with E-state index in [1.807, 2.05) is 26.0 Å². The van der Waals surface area contributed by atoms with Gasteiger partial charge in [0.2, 0.25) is 0 Å². The van der Waals surface area contributed by atoms with Crippen LogP contribution in [0.15, 0.2) is 25.3 Å². The van der Waals surface area contributed by atoms with Gasteiger partial charge in [-0.3, -0.25) is 19.2 Å². The van der Waals surface area contributed by atoms with Gasteiger partial charge in [0.15, 0.2) is 0 Å². The molecule has 0 aliphatic carbocycles. The molecule has 1 saturated heterocycles. The molecule has 1 fully saturated rings. The molecule has 0 amide bonds. The van der Waals surface area contributed by atoms with Gasteiger partial charge in [-0.25, -0.2) is 0 Å². The number of carbonyl (C=O) groups is 4. The highest BCUT2D eigenvalue weighted by Crippen LogP contribution is 2.16.